The molecule has 0 radical (unpaired) electrons. The fourth-order valence-corrected chi connectivity index (χ4v) is 9.16. The molecule has 16 heteroatoms. The van der Waals surface area contributed by atoms with E-state index in [1.807, 2.05) is 60.7 Å². The van der Waals surface area contributed by atoms with Crippen molar-refractivity contribution < 1.29 is 42.2 Å². The summed E-state index contributed by atoms with van der Waals surface area (Å²) in [4.78, 5) is 62.4. The van der Waals surface area contributed by atoms with Gasteiger partial charge in [0.25, 0.3) is 15.9 Å². The van der Waals surface area contributed by atoms with E-state index in [2.05, 4.69) is 20.7 Å². The number of likely N-dealkylation sites (tertiary alicyclic amines) is 1. The lowest BCUT2D eigenvalue weighted by Crippen LogP contribution is -2.58. The van der Waals surface area contributed by atoms with E-state index in [1.165, 1.54) is 29.2 Å². The van der Waals surface area contributed by atoms with Gasteiger partial charge in [0.2, 0.25) is 11.8 Å². The number of urea groups is 1. The molecule has 0 bridgehead atoms. The molecule has 0 unspecified atom stereocenters. The normalized spacial score (nSPS) is 19.2. The Kier molecular flexibility index (Phi) is 13.6. The minimum atomic E-state index is -4.26. The second-order valence-corrected chi connectivity index (χ2v) is 17.8. The van der Waals surface area contributed by atoms with E-state index in [4.69, 9.17) is 14.5 Å². The molecule has 330 valence electrons. The number of aromatic nitrogens is 1. The predicted octanol–water partition coefficient (Wildman–Crippen LogP) is 5.03. The number of amides is 5. The minimum absolute atomic E-state index is 0.0216. The number of hydrogen-bond donors (Lipinski definition) is 5. The molecule has 15 nitrogen and oxygen atoms in total. The first kappa shape index (κ1) is 44.5. The standard InChI is InChI=1S/C47H52N6O9S/c1-5-14-36(44(55)52-63(59,60)33-18-10-7-11-19-33)49-45(56)39-25-32(62-41-26-37(29-15-8-6-9-16-29)48-38-24-31(61-4)21-22-35(38)41)27-53(39)47(58)51-42(28(2)3)46(57)50-43-34-20-13-12-17-30(34)23-40(43)54/h6-13,15-22,24,26,28,32,36,39-40,42-43,54H,5,14,23,25,27H2,1-4H3,(H,49,56)(H,50,57)(H,51,58)(H,52,55)/t32-,36+,39+,40-,42+,43+/m1/s1. The van der Waals surface area contributed by atoms with Gasteiger partial charge in [0.05, 0.1) is 41.9 Å². The summed E-state index contributed by atoms with van der Waals surface area (Å²) in [6.45, 7) is 5.23. The van der Waals surface area contributed by atoms with E-state index >= 15 is 0 Å². The van der Waals surface area contributed by atoms with E-state index in [0.29, 0.717) is 40.9 Å². The molecule has 1 aromatic heterocycles. The number of hydrogen-bond acceptors (Lipinski definition) is 10. The largest absolute Gasteiger partial charge is 0.497 e. The van der Waals surface area contributed by atoms with Crippen LogP contribution in [0.2, 0.25) is 0 Å². The minimum Gasteiger partial charge on any atom is -0.497 e. The summed E-state index contributed by atoms with van der Waals surface area (Å²) in [6, 6.07) is 26.6. The van der Waals surface area contributed by atoms with Crippen LogP contribution >= 0.6 is 0 Å². The molecule has 63 heavy (non-hydrogen) atoms. The highest BCUT2D eigenvalue weighted by Gasteiger charge is 2.44. The summed E-state index contributed by atoms with van der Waals surface area (Å²) in [7, 11) is -2.70. The van der Waals surface area contributed by atoms with Gasteiger partial charge < -0.3 is 35.4 Å². The molecule has 5 aromatic rings. The molecule has 0 spiro atoms. The van der Waals surface area contributed by atoms with Crippen LogP contribution in [0.15, 0.2) is 114 Å². The number of rotatable bonds is 15. The van der Waals surface area contributed by atoms with Gasteiger partial charge in [-0.05, 0) is 47.7 Å². The lowest BCUT2D eigenvalue weighted by atomic mass is 10.0. The molecule has 5 amide bonds. The Morgan fingerprint density at radius 3 is 2.29 bits per heavy atom. The Bertz CT molecular complexity index is 2580. The summed E-state index contributed by atoms with van der Waals surface area (Å²) < 4.78 is 40.5. The van der Waals surface area contributed by atoms with Crippen molar-refractivity contribution in [3.05, 3.63) is 120 Å². The number of nitrogens with one attached hydrogen (secondary N) is 4. The molecule has 6 atom stereocenters. The van der Waals surface area contributed by atoms with Crippen molar-refractivity contribution >= 4 is 44.7 Å². The van der Waals surface area contributed by atoms with Crippen molar-refractivity contribution in [1.29, 1.82) is 0 Å². The Morgan fingerprint density at radius 2 is 1.59 bits per heavy atom. The number of aliphatic hydroxyl groups excluding tert-OH is 1. The van der Waals surface area contributed by atoms with Crippen LogP contribution in [0.1, 0.15) is 57.2 Å². The fourth-order valence-electron chi connectivity index (χ4n) is 8.12. The second kappa shape index (κ2) is 19.3. The quantitative estimate of drug-likeness (QED) is 0.0949. The van der Waals surface area contributed by atoms with Gasteiger partial charge in [-0.3, -0.25) is 14.4 Å². The molecule has 0 saturated carbocycles. The first-order valence-electron chi connectivity index (χ1n) is 21.0. The van der Waals surface area contributed by atoms with Crippen molar-refractivity contribution in [2.45, 2.75) is 87.7 Å². The maximum Gasteiger partial charge on any atom is 0.318 e. The van der Waals surface area contributed by atoms with Gasteiger partial charge in [-0.2, -0.15) is 0 Å². The number of carbonyl (C=O) groups is 4. The number of fused-ring (bicyclic) bond motifs is 2. The molecular weight excluding hydrogens is 825 g/mol. The zero-order valence-corrected chi connectivity index (χ0v) is 36.3. The third-order valence-electron chi connectivity index (χ3n) is 11.4. The molecule has 4 aromatic carbocycles. The molecule has 2 heterocycles. The first-order valence-corrected chi connectivity index (χ1v) is 22.5. The van der Waals surface area contributed by atoms with Gasteiger partial charge in [0.15, 0.2) is 0 Å². The third-order valence-corrected chi connectivity index (χ3v) is 12.8. The van der Waals surface area contributed by atoms with Crippen LogP contribution in [0.3, 0.4) is 0 Å². The predicted molar refractivity (Wildman–Crippen MR) is 236 cm³/mol. The molecule has 1 fully saturated rings. The van der Waals surface area contributed by atoms with Gasteiger partial charge >= 0.3 is 6.03 Å². The third kappa shape index (κ3) is 10.1. The number of nitrogens with zero attached hydrogens (tertiary/aromatic N) is 2. The smallest absolute Gasteiger partial charge is 0.318 e. The Labute approximate surface area is 366 Å². The van der Waals surface area contributed by atoms with Crippen LogP contribution in [-0.2, 0) is 30.8 Å². The maximum absolute atomic E-state index is 14.5. The van der Waals surface area contributed by atoms with Crippen molar-refractivity contribution in [3.63, 3.8) is 0 Å². The van der Waals surface area contributed by atoms with Crippen LogP contribution in [0.5, 0.6) is 11.5 Å². The van der Waals surface area contributed by atoms with Crippen LogP contribution < -0.4 is 30.1 Å². The van der Waals surface area contributed by atoms with Crippen LogP contribution in [0.4, 0.5) is 4.79 Å². The van der Waals surface area contributed by atoms with E-state index < -0.39 is 76.1 Å². The van der Waals surface area contributed by atoms with Crippen molar-refractivity contribution in [2.24, 2.45) is 5.92 Å². The zero-order chi connectivity index (χ0) is 44.8. The highest BCUT2D eigenvalue weighted by Crippen LogP contribution is 2.35. The molecule has 1 aliphatic heterocycles. The number of benzene rings is 4. The molecule has 1 saturated heterocycles. The summed E-state index contributed by atoms with van der Waals surface area (Å²) in [5.74, 6) is -1.55. The Morgan fingerprint density at radius 1 is 0.889 bits per heavy atom. The molecule has 5 N–H and O–H groups in total. The van der Waals surface area contributed by atoms with Crippen LogP contribution in [-0.4, -0.2) is 91.1 Å². The molecule has 1 aliphatic carbocycles. The lowest BCUT2D eigenvalue weighted by molar-refractivity contribution is -0.130. The summed E-state index contributed by atoms with van der Waals surface area (Å²) in [5, 5.41) is 20.0. The van der Waals surface area contributed by atoms with Crippen molar-refractivity contribution in [3.8, 4) is 22.8 Å². The maximum atomic E-state index is 14.5. The number of ether oxygens (including phenoxy) is 2. The highest BCUT2D eigenvalue weighted by atomic mass is 32.2. The van der Waals surface area contributed by atoms with Gasteiger partial charge in [-0.1, -0.05) is 100.0 Å². The summed E-state index contributed by atoms with van der Waals surface area (Å²) >= 11 is 0. The summed E-state index contributed by atoms with van der Waals surface area (Å²) in [6.07, 6.45) is -0.764. The van der Waals surface area contributed by atoms with Gasteiger partial charge in [-0.15, -0.1) is 0 Å². The zero-order valence-electron chi connectivity index (χ0n) is 35.5. The second-order valence-electron chi connectivity index (χ2n) is 16.2. The first-order chi connectivity index (χ1) is 30.3. The Hall–Kier alpha value is -6.52. The van der Waals surface area contributed by atoms with E-state index in [0.717, 1.165) is 16.7 Å². The van der Waals surface area contributed by atoms with Gasteiger partial charge in [0.1, 0.15) is 35.7 Å². The number of pyridine rings is 1. The van der Waals surface area contributed by atoms with Gasteiger partial charge in [-0.25, -0.2) is 22.9 Å². The topological polar surface area (TPSA) is 205 Å². The van der Waals surface area contributed by atoms with Crippen molar-refractivity contribution in [2.75, 3.05) is 13.7 Å². The number of aliphatic hydroxyl groups is 1. The van der Waals surface area contributed by atoms with Crippen molar-refractivity contribution in [1.82, 2.24) is 30.6 Å². The van der Waals surface area contributed by atoms with E-state index in [1.54, 1.807) is 52.1 Å². The average Bonchev–Trinajstić information content (AvgIpc) is 3.85. The van der Waals surface area contributed by atoms with Crippen LogP contribution in [0, 0.1) is 5.92 Å². The van der Waals surface area contributed by atoms with Crippen LogP contribution in [0.25, 0.3) is 22.2 Å². The van der Waals surface area contributed by atoms with E-state index in [-0.39, 0.29) is 24.3 Å². The number of carbonyl (C=O) groups excluding carboxylic acids is 4. The average molecular weight is 877 g/mol. The monoisotopic (exact) mass is 876 g/mol. The van der Waals surface area contributed by atoms with E-state index in [9.17, 15) is 32.7 Å². The fraction of sp³-hybridized carbons (Fsp3) is 0.340. The lowest BCUT2D eigenvalue weighted by Gasteiger charge is -2.30. The molecule has 7 rings (SSSR count). The summed E-state index contributed by atoms with van der Waals surface area (Å²) in [5.41, 5.74) is 3.75. The molecular formula is C47H52N6O9S. The number of methoxy groups -OCH3 is 1. The van der Waals surface area contributed by atoms with Gasteiger partial charge in [0, 0.05) is 35.9 Å². The number of sulfonamides is 1. The molecule has 2 aliphatic rings. The Balaban J connectivity index is 1.17. The SMILES string of the molecule is CCC[C@H](NC(=O)[C@@H]1C[C@@H](Oc2cc(-c3ccccc3)nc3cc(OC)ccc23)CN1C(=O)N[C@H](C(=O)N[C@H]1c2ccccc2C[C@H]1O)C(C)C)C(=O)NS(=O)(=O)c1ccccc1. The highest BCUT2D eigenvalue weighted by molar-refractivity contribution is 7.90.